The van der Waals surface area contributed by atoms with E-state index in [4.69, 9.17) is 9.15 Å². The van der Waals surface area contributed by atoms with Crippen molar-refractivity contribution in [2.75, 3.05) is 0 Å². The van der Waals surface area contributed by atoms with Crippen LogP contribution in [0.4, 0.5) is 0 Å². The van der Waals surface area contributed by atoms with Crippen LogP contribution in [0, 0.1) is 0 Å². The van der Waals surface area contributed by atoms with Gasteiger partial charge in [0.25, 0.3) is 0 Å². The van der Waals surface area contributed by atoms with Crippen molar-refractivity contribution in [3.8, 4) is 28.4 Å². The summed E-state index contributed by atoms with van der Waals surface area (Å²) in [5.41, 5.74) is 1.90. The highest BCUT2D eigenvalue weighted by molar-refractivity contribution is 5.79. The van der Waals surface area contributed by atoms with E-state index < -0.39 is 0 Å². The van der Waals surface area contributed by atoms with Crippen molar-refractivity contribution in [3.05, 3.63) is 89.3 Å². The summed E-state index contributed by atoms with van der Waals surface area (Å²) in [6.07, 6.45) is 1.27. The molecule has 0 spiro atoms. The number of hydrogen-bond donors (Lipinski definition) is 1. The van der Waals surface area contributed by atoms with Gasteiger partial charge < -0.3 is 14.3 Å². The molecule has 0 radical (unpaired) electrons. The minimum absolute atomic E-state index is 0.0405. The zero-order chi connectivity index (χ0) is 17.2. The van der Waals surface area contributed by atoms with Gasteiger partial charge in [0.2, 0.25) is 11.2 Å². The van der Waals surface area contributed by atoms with Crippen molar-refractivity contribution >= 4 is 11.0 Å². The molecule has 0 bridgehead atoms. The van der Waals surface area contributed by atoms with Crippen LogP contribution in [0.15, 0.2) is 88.3 Å². The van der Waals surface area contributed by atoms with Crippen LogP contribution in [0.25, 0.3) is 22.1 Å². The molecule has 1 aromatic heterocycles. The highest BCUT2D eigenvalue weighted by atomic mass is 16.5. The smallest absolute Gasteiger partial charge is 0.235 e. The van der Waals surface area contributed by atoms with Gasteiger partial charge in [-0.1, -0.05) is 48.5 Å². The maximum Gasteiger partial charge on any atom is 0.235 e. The van der Waals surface area contributed by atoms with Gasteiger partial charge in [0.15, 0.2) is 0 Å². The van der Waals surface area contributed by atoms with Gasteiger partial charge in [0.05, 0.1) is 5.39 Å². The zero-order valence-electron chi connectivity index (χ0n) is 13.2. The third-order valence-electron chi connectivity index (χ3n) is 3.92. The second kappa shape index (κ2) is 6.17. The van der Waals surface area contributed by atoms with E-state index in [9.17, 15) is 9.90 Å². The van der Waals surface area contributed by atoms with E-state index in [-0.39, 0.29) is 16.9 Å². The molecule has 1 N–H and O–H groups in total. The molecule has 0 aliphatic carbocycles. The maximum atomic E-state index is 12.6. The van der Waals surface area contributed by atoms with Crippen LogP contribution in [0.3, 0.4) is 0 Å². The molecule has 3 aromatic carbocycles. The minimum Gasteiger partial charge on any atom is -0.508 e. The van der Waals surface area contributed by atoms with Gasteiger partial charge in [-0.25, -0.2) is 0 Å². The van der Waals surface area contributed by atoms with E-state index >= 15 is 0 Å². The number of fused-ring (bicyclic) bond motifs is 1. The first-order valence-electron chi connectivity index (χ1n) is 7.79. The number of phenolic OH excluding ortho intramolecular Hbond substituents is 1. The Morgan fingerprint density at radius 1 is 0.840 bits per heavy atom. The van der Waals surface area contributed by atoms with E-state index in [0.29, 0.717) is 16.7 Å². The Labute approximate surface area is 143 Å². The Morgan fingerprint density at radius 2 is 1.60 bits per heavy atom. The average Bonchev–Trinajstić information content (AvgIpc) is 2.65. The fourth-order valence-electron chi connectivity index (χ4n) is 2.70. The third-order valence-corrected chi connectivity index (χ3v) is 3.92. The highest BCUT2D eigenvalue weighted by Crippen LogP contribution is 2.32. The Hall–Kier alpha value is -3.53. The molecule has 0 saturated heterocycles. The molecule has 4 heteroatoms. The van der Waals surface area contributed by atoms with Gasteiger partial charge in [0, 0.05) is 11.6 Å². The number of para-hydroxylation sites is 1. The molecule has 0 fully saturated rings. The lowest BCUT2D eigenvalue weighted by atomic mass is 10.1. The number of ether oxygens (including phenoxy) is 1. The highest BCUT2D eigenvalue weighted by Gasteiger charge is 2.12. The summed E-state index contributed by atoms with van der Waals surface area (Å²) in [7, 11) is 0. The first-order chi connectivity index (χ1) is 12.2. The van der Waals surface area contributed by atoms with Gasteiger partial charge >= 0.3 is 0 Å². The second-order valence-corrected chi connectivity index (χ2v) is 5.57. The van der Waals surface area contributed by atoms with E-state index in [1.165, 1.54) is 24.5 Å². The quantitative estimate of drug-likeness (QED) is 0.577. The van der Waals surface area contributed by atoms with Gasteiger partial charge in [-0.2, -0.15) is 0 Å². The number of hydrogen-bond acceptors (Lipinski definition) is 4. The Balaban J connectivity index is 1.79. The van der Waals surface area contributed by atoms with Crippen LogP contribution in [0.1, 0.15) is 0 Å². The SMILES string of the molecule is O=c1c(Oc2ccccc2-c2ccccc2)coc2cc(O)ccc12. The van der Waals surface area contributed by atoms with Crippen molar-refractivity contribution in [1.82, 2.24) is 0 Å². The summed E-state index contributed by atoms with van der Waals surface area (Å²) in [4.78, 5) is 12.6. The van der Waals surface area contributed by atoms with Crippen molar-refractivity contribution in [3.63, 3.8) is 0 Å². The molecule has 4 rings (SSSR count). The normalized spacial score (nSPS) is 10.7. The van der Waals surface area contributed by atoms with Crippen LogP contribution in [-0.2, 0) is 0 Å². The maximum absolute atomic E-state index is 12.6. The fourth-order valence-corrected chi connectivity index (χ4v) is 2.70. The monoisotopic (exact) mass is 330 g/mol. The molecule has 0 aliphatic rings. The molecular weight excluding hydrogens is 316 g/mol. The van der Waals surface area contributed by atoms with Gasteiger partial charge in [-0.3, -0.25) is 4.79 Å². The molecule has 4 aromatic rings. The first-order valence-corrected chi connectivity index (χ1v) is 7.79. The lowest BCUT2D eigenvalue weighted by Crippen LogP contribution is -2.05. The summed E-state index contributed by atoms with van der Waals surface area (Å²) in [5.74, 6) is 0.708. The van der Waals surface area contributed by atoms with Crippen molar-refractivity contribution in [1.29, 1.82) is 0 Å². The summed E-state index contributed by atoms with van der Waals surface area (Å²) in [6.45, 7) is 0. The Kier molecular flexibility index (Phi) is 3.71. The van der Waals surface area contributed by atoms with Crippen LogP contribution in [0.5, 0.6) is 17.2 Å². The molecule has 0 amide bonds. The third kappa shape index (κ3) is 2.85. The number of benzene rings is 3. The number of phenols is 1. The second-order valence-electron chi connectivity index (χ2n) is 5.57. The van der Waals surface area contributed by atoms with Crippen molar-refractivity contribution < 1.29 is 14.3 Å². The standard InChI is InChI=1S/C21H14O4/c22-15-10-11-17-19(12-15)24-13-20(21(17)23)25-18-9-5-4-8-16(18)14-6-2-1-3-7-14/h1-13,22H. The van der Waals surface area contributed by atoms with Crippen LogP contribution >= 0.6 is 0 Å². The molecule has 122 valence electrons. The first kappa shape index (κ1) is 15.0. The lowest BCUT2D eigenvalue weighted by Gasteiger charge is -2.11. The van der Waals surface area contributed by atoms with E-state index in [1.807, 2.05) is 54.6 Å². The summed E-state index contributed by atoms with van der Waals surface area (Å²) in [6, 6.07) is 21.7. The van der Waals surface area contributed by atoms with Crippen molar-refractivity contribution in [2.24, 2.45) is 0 Å². The number of aromatic hydroxyl groups is 1. The summed E-state index contributed by atoms with van der Waals surface area (Å²) >= 11 is 0. The fraction of sp³-hybridized carbons (Fsp3) is 0. The van der Waals surface area contributed by atoms with Gasteiger partial charge in [-0.05, 0) is 23.8 Å². The van der Waals surface area contributed by atoms with E-state index in [2.05, 4.69) is 0 Å². The zero-order valence-corrected chi connectivity index (χ0v) is 13.2. The average molecular weight is 330 g/mol. The largest absolute Gasteiger partial charge is 0.508 e. The summed E-state index contributed by atoms with van der Waals surface area (Å²) in [5, 5.41) is 9.85. The molecule has 4 nitrogen and oxygen atoms in total. The van der Waals surface area contributed by atoms with E-state index in [1.54, 1.807) is 0 Å². The minimum atomic E-state index is -0.288. The predicted octanol–water partition coefficient (Wildman–Crippen LogP) is 4.96. The van der Waals surface area contributed by atoms with E-state index in [0.717, 1.165) is 11.1 Å². The summed E-state index contributed by atoms with van der Waals surface area (Å²) < 4.78 is 11.3. The molecule has 1 heterocycles. The Morgan fingerprint density at radius 3 is 2.44 bits per heavy atom. The van der Waals surface area contributed by atoms with Gasteiger partial charge in [0.1, 0.15) is 23.3 Å². The van der Waals surface area contributed by atoms with Crippen LogP contribution in [-0.4, -0.2) is 5.11 Å². The number of rotatable bonds is 3. The Bertz CT molecular complexity index is 1100. The molecule has 0 aliphatic heterocycles. The predicted molar refractivity (Wildman–Crippen MR) is 96.1 cm³/mol. The van der Waals surface area contributed by atoms with Crippen molar-refractivity contribution in [2.45, 2.75) is 0 Å². The topological polar surface area (TPSA) is 59.7 Å². The molecule has 0 saturated carbocycles. The van der Waals surface area contributed by atoms with Gasteiger partial charge in [-0.15, -0.1) is 0 Å². The molecular formula is C21H14O4. The molecule has 25 heavy (non-hydrogen) atoms. The molecule has 0 atom stereocenters. The molecule has 0 unspecified atom stereocenters. The van der Waals surface area contributed by atoms with Crippen LogP contribution < -0.4 is 10.2 Å². The van der Waals surface area contributed by atoms with Crippen LogP contribution in [0.2, 0.25) is 0 Å². The lowest BCUT2D eigenvalue weighted by molar-refractivity contribution is 0.450.